The van der Waals surface area contributed by atoms with Gasteiger partial charge in [-0.15, -0.1) is 0 Å². The third kappa shape index (κ3) is 3.04. The van der Waals surface area contributed by atoms with Crippen LogP contribution in [-0.4, -0.2) is 9.97 Å². The van der Waals surface area contributed by atoms with Crippen molar-refractivity contribution in [2.45, 2.75) is 19.8 Å². The lowest BCUT2D eigenvalue weighted by Crippen LogP contribution is -2.11. The molecule has 0 atom stereocenters. The first-order valence-corrected chi connectivity index (χ1v) is 6.94. The zero-order chi connectivity index (χ0) is 14.0. The molecule has 0 radical (unpaired) electrons. The Morgan fingerprint density at radius 1 is 1.47 bits per heavy atom. The van der Waals surface area contributed by atoms with Crippen LogP contribution in [0.15, 0.2) is 27.5 Å². The van der Waals surface area contributed by atoms with Crippen LogP contribution < -0.4 is 5.56 Å². The predicted molar refractivity (Wildman–Crippen MR) is 77.0 cm³/mol. The van der Waals surface area contributed by atoms with Crippen LogP contribution in [0.1, 0.15) is 19.2 Å². The maximum atomic E-state index is 14.1. The molecule has 0 spiro atoms. The molecule has 0 fully saturated rings. The van der Waals surface area contributed by atoms with Crippen LogP contribution in [0.25, 0.3) is 11.3 Å². The van der Waals surface area contributed by atoms with Crippen LogP contribution in [0.3, 0.4) is 0 Å². The Morgan fingerprint density at radius 2 is 2.21 bits per heavy atom. The van der Waals surface area contributed by atoms with Gasteiger partial charge in [-0.1, -0.05) is 18.5 Å². The third-order valence-electron chi connectivity index (χ3n) is 2.59. The highest BCUT2D eigenvalue weighted by molar-refractivity contribution is 9.10. The summed E-state index contributed by atoms with van der Waals surface area (Å²) in [6.45, 7) is 1.98. The summed E-state index contributed by atoms with van der Waals surface area (Å²) in [7, 11) is 0. The molecule has 1 aromatic heterocycles. The molecule has 2 rings (SSSR count). The van der Waals surface area contributed by atoms with E-state index in [-0.39, 0.29) is 16.1 Å². The highest BCUT2D eigenvalue weighted by Gasteiger charge is 2.14. The van der Waals surface area contributed by atoms with Crippen molar-refractivity contribution < 1.29 is 4.39 Å². The summed E-state index contributed by atoms with van der Waals surface area (Å²) in [5.74, 6) is -0.0416. The van der Waals surface area contributed by atoms with Crippen molar-refractivity contribution in [3.05, 3.63) is 49.7 Å². The highest BCUT2D eigenvalue weighted by atomic mass is 79.9. The van der Waals surface area contributed by atoms with Gasteiger partial charge >= 0.3 is 0 Å². The van der Waals surface area contributed by atoms with E-state index in [1.54, 1.807) is 12.1 Å². The van der Waals surface area contributed by atoms with Gasteiger partial charge in [0.25, 0.3) is 5.56 Å². The molecule has 0 aliphatic rings. The van der Waals surface area contributed by atoms with Gasteiger partial charge in [0.15, 0.2) is 5.82 Å². The molecule has 100 valence electrons. The van der Waals surface area contributed by atoms with Gasteiger partial charge in [0.1, 0.15) is 5.82 Å². The van der Waals surface area contributed by atoms with E-state index in [9.17, 15) is 9.18 Å². The van der Waals surface area contributed by atoms with Gasteiger partial charge in [-0.25, -0.2) is 9.37 Å². The Bertz CT molecular complexity index is 672. The Hall–Kier alpha value is -1.20. The van der Waals surface area contributed by atoms with Crippen LogP contribution in [0.2, 0.25) is 5.02 Å². The van der Waals surface area contributed by atoms with E-state index in [1.807, 2.05) is 6.92 Å². The van der Waals surface area contributed by atoms with E-state index in [1.165, 1.54) is 6.07 Å². The summed E-state index contributed by atoms with van der Waals surface area (Å²) in [5.41, 5.74) is 0.211. The first-order valence-electron chi connectivity index (χ1n) is 5.77. The fraction of sp³-hybridized carbons (Fsp3) is 0.231. The summed E-state index contributed by atoms with van der Waals surface area (Å²) in [5, 5.41) is -0.0170. The Kier molecular flexibility index (Phi) is 4.37. The number of aromatic amines is 1. The number of aryl methyl sites for hydroxylation is 1. The lowest BCUT2D eigenvalue weighted by molar-refractivity contribution is 0.630. The first kappa shape index (κ1) is 14.2. The van der Waals surface area contributed by atoms with Crippen molar-refractivity contribution >= 4 is 27.5 Å². The fourth-order valence-electron chi connectivity index (χ4n) is 1.72. The summed E-state index contributed by atoms with van der Waals surface area (Å²) >= 11 is 8.98. The number of hydrogen-bond donors (Lipinski definition) is 1. The summed E-state index contributed by atoms with van der Waals surface area (Å²) < 4.78 is 14.5. The number of nitrogens with one attached hydrogen (secondary N) is 1. The minimum absolute atomic E-state index is 0.0170. The molecule has 19 heavy (non-hydrogen) atoms. The van der Waals surface area contributed by atoms with Gasteiger partial charge in [0.2, 0.25) is 0 Å². The van der Waals surface area contributed by atoms with Crippen LogP contribution in [0.4, 0.5) is 4.39 Å². The molecule has 0 saturated heterocycles. The summed E-state index contributed by atoms with van der Waals surface area (Å²) in [4.78, 5) is 18.5. The number of rotatable bonds is 3. The van der Waals surface area contributed by atoms with Crippen LogP contribution in [-0.2, 0) is 6.42 Å². The third-order valence-corrected chi connectivity index (χ3v) is 3.85. The second-order valence-electron chi connectivity index (χ2n) is 4.05. The van der Waals surface area contributed by atoms with Crippen molar-refractivity contribution in [2.24, 2.45) is 0 Å². The van der Waals surface area contributed by atoms with E-state index < -0.39 is 5.82 Å². The molecule has 1 aromatic carbocycles. The average Bonchev–Trinajstić information content (AvgIpc) is 2.36. The summed E-state index contributed by atoms with van der Waals surface area (Å²) in [6.07, 6.45) is 1.48. The quantitative estimate of drug-likeness (QED) is 0.856. The van der Waals surface area contributed by atoms with Gasteiger partial charge in [-0.05, 0) is 34.5 Å². The van der Waals surface area contributed by atoms with E-state index in [4.69, 9.17) is 11.6 Å². The van der Waals surface area contributed by atoms with Gasteiger partial charge in [0, 0.05) is 22.5 Å². The number of halogens is 3. The Morgan fingerprint density at radius 3 is 2.89 bits per heavy atom. The summed E-state index contributed by atoms with van der Waals surface area (Å²) in [6, 6.07) is 4.44. The average molecular weight is 346 g/mol. The van der Waals surface area contributed by atoms with Gasteiger partial charge in [-0.3, -0.25) is 4.79 Å². The number of hydrogen-bond acceptors (Lipinski definition) is 2. The Labute approximate surface area is 123 Å². The number of aromatic nitrogens is 2. The number of nitrogens with zero attached hydrogens (tertiary/aromatic N) is 1. The fourth-order valence-corrected chi connectivity index (χ4v) is 2.20. The van der Waals surface area contributed by atoms with Crippen LogP contribution in [0, 0.1) is 5.82 Å². The molecule has 0 saturated carbocycles. The van der Waals surface area contributed by atoms with Crippen molar-refractivity contribution in [1.82, 2.24) is 9.97 Å². The normalized spacial score (nSPS) is 10.7. The minimum Gasteiger partial charge on any atom is -0.311 e. The predicted octanol–water partition coefficient (Wildman–Crippen LogP) is 3.94. The van der Waals surface area contributed by atoms with Gasteiger partial charge < -0.3 is 4.98 Å². The molecule has 3 nitrogen and oxygen atoms in total. The lowest BCUT2D eigenvalue weighted by atomic mass is 10.1. The number of benzene rings is 1. The largest absolute Gasteiger partial charge is 0.311 e. The lowest BCUT2D eigenvalue weighted by Gasteiger charge is -2.07. The molecule has 0 aliphatic heterocycles. The van der Waals surface area contributed by atoms with Crippen molar-refractivity contribution in [1.29, 1.82) is 0 Å². The first-order chi connectivity index (χ1) is 9.02. The van der Waals surface area contributed by atoms with Gasteiger partial charge in [0.05, 0.1) is 10.7 Å². The van der Waals surface area contributed by atoms with Gasteiger partial charge in [-0.2, -0.15) is 0 Å². The van der Waals surface area contributed by atoms with Crippen molar-refractivity contribution in [3.63, 3.8) is 0 Å². The monoisotopic (exact) mass is 344 g/mol. The molecule has 0 bridgehead atoms. The molecule has 0 aliphatic carbocycles. The van der Waals surface area contributed by atoms with Crippen LogP contribution >= 0.6 is 27.5 Å². The SMILES string of the molecule is CCCc1nc(-c2ccc(Br)c(Cl)c2F)cc(=O)[nH]1. The van der Waals surface area contributed by atoms with E-state index in [0.717, 1.165) is 6.42 Å². The zero-order valence-corrected chi connectivity index (χ0v) is 12.5. The maximum Gasteiger partial charge on any atom is 0.251 e. The molecule has 1 heterocycles. The van der Waals surface area contributed by atoms with Crippen molar-refractivity contribution in [2.75, 3.05) is 0 Å². The van der Waals surface area contributed by atoms with Crippen molar-refractivity contribution in [3.8, 4) is 11.3 Å². The van der Waals surface area contributed by atoms with E-state index in [0.29, 0.717) is 22.4 Å². The second kappa shape index (κ2) is 5.84. The second-order valence-corrected chi connectivity index (χ2v) is 5.28. The number of H-pyrrole nitrogens is 1. The smallest absolute Gasteiger partial charge is 0.251 e. The topological polar surface area (TPSA) is 45.8 Å². The van der Waals surface area contributed by atoms with Crippen LogP contribution in [0.5, 0.6) is 0 Å². The zero-order valence-electron chi connectivity index (χ0n) is 10.1. The molecule has 6 heteroatoms. The molecular formula is C13H11BrClFN2O. The maximum absolute atomic E-state index is 14.1. The standard InChI is InChI=1S/C13H11BrClFN2O/c1-2-3-10-17-9(6-11(19)18-10)7-4-5-8(14)12(15)13(7)16/h4-6H,2-3H2,1H3,(H,17,18,19). The Balaban J connectivity index is 2.59. The molecule has 1 N–H and O–H groups in total. The molecular weight excluding hydrogens is 335 g/mol. The minimum atomic E-state index is -0.586. The van der Waals surface area contributed by atoms with E-state index >= 15 is 0 Å². The molecule has 0 amide bonds. The molecule has 2 aromatic rings. The van der Waals surface area contributed by atoms with E-state index in [2.05, 4.69) is 25.9 Å². The molecule has 0 unspecified atom stereocenters. The highest BCUT2D eigenvalue weighted by Crippen LogP contribution is 2.31.